The topological polar surface area (TPSA) is 25.8 Å². The predicted octanol–water partition coefficient (Wildman–Crippen LogP) is 7.27. The Morgan fingerprint density at radius 1 is 0.333 bits per heavy atom. The molecule has 30 heavy (non-hydrogen) atoms. The highest BCUT2D eigenvalue weighted by atomic mass is 15.1. The minimum Gasteiger partial charge on any atom is -0.149 e. The summed E-state index contributed by atoms with van der Waals surface area (Å²) >= 11 is 0. The molecule has 1 heterocycles. The van der Waals surface area contributed by atoms with E-state index in [0.717, 1.165) is 33.3 Å². The van der Waals surface area contributed by atoms with Crippen LogP contribution in [0.4, 0.5) is 0 Å². The molecule has 0 atom stereocenters. The van der Waals surface area contributed by atoms with E-state index in [1.807, 2.05) is 0 Å². The van der Waals surface area contributed by atoms with Crippen molar-refractivity contribution >= 4 is 32.3 Å². The van der Waals surface area contributed by atoms with Gasteiger partial charge in [-0.25, -0.2) is 0 Å². The number of aromatic nitrogens is 2. The van der Waals surface area contributed by atoms with Gasteiger partial charge in [0.1, 0.15) is 11.4 Å². The molecule has 6 aromatic rings. The Balaban J connectivity index is 1.67. The molecule has 0 aliphatic carbocycles. The SMILES string of the molecule is c1ccc2c(-c3nnc(-c4cccc5ccccc45)c4ccccc34)cccc2c1. The third kappa shape index (κ3) is 2.58. The van der Waals surface area contributed by atoms with Gasteiger partial charge in [0.05, 0.1) is 0 Å². The van der Waals surface area contributed by atoms with E-state index in [1.54, 1.807) is 0 Å². The second-order valence-corrected chi connectivity index (χ2v) is 7.50. The molecule has 0 saturated heterocycles. The summed E-state index contributed by atoms with van der Waals surface area (Å²) in [5.74, 6) is 0. The minimum absolute atomic E-state index is 0.923. The van der Waals surface area contributed by atoms with Crippen LogP contribution in [0.3, 0.4) is 0 Å². The van der Waals surface area contributed by atoms with Gasteiger partial charge in [0.25, 0.3) is 0 Å². The fourth-order valence-corrected chi connectivity index (χ4v) is 4.37. The zero-order chi connectivity index (χ0) is 19.9. The lowest BCUT2D eigenvalue weighted by molar-refractivity contribution is 1.07. The van der Waals surface area contributed by atoms with Crippen LogP contribution in [0.5, 0.6) is 0 Å². The van der Waals surface area contributed by atoms with E-state index >= 15 is 0 Å². The van der Waals surface area contributed by atoms with Gasteiger partial charge in [-0.15, -0.1) is 10.2 Å². The number of hydrogen-bond acceptors (Lipinski definition) is 2. The summed E-state index contributed by atoms with van der Waals surface area (Å²) in [6.45, 7) is 0. The van der Waals surface area contributed by atoms with E-state index < -0.39 is 0 Å². The van der Waals surface area contributed by atoms with Crippen LogP contribution in [-0.4, -0.2) is 10.2 Å². The van der Waals surface area contributed by atoms with Gasteiger partial charge in [0.2, 0.25) is 0 Å². The summed E-state index contributed by atoms with van der Waals surface area (Å²) in [6, 6.07) is 38.0. The van der Waals surface area contributed by atoms with Gasteiger partial charge in [-0.2, -0.15) is 0 Å². The van der Waals surface area contributed by atoms with Crippen LogP contribution in [-0.2, 0) is 0 Å². The molecule has 0 aliphatic heterocycles. The monoisotopic (exact) mass is 382 g/mol. The van der Waals surface area contributed by atoms with Gasteiger partial charge in [-0.05, 0) is 21.5 Å². The molecule has 2 nitrogen and oxygen atoms in total. The molecular weight excluding hydrogens is 364 g/mol. The number of fused-ring (bicyclic) bond motifs is 3. The molecular formula is C28H18N2. The highest BCUT2D eigenvalue weighted by molar-refractivity contribution is 6.09. The average Bonchev–Trinajstić information content (AvgIpc) is 2.83. The number of rotatable bonds is 2. The summed E-state index contributed by atoms with van der Waals surface area (Å²) in [5, 5.41) is 16.6. The molecule has 0 amide bonds. The first-order valence-corrected chi connectivity index (χ1v) is 10.1. The lowest BCUT2D eigenvalue weighted by Gasteiger charge is -2.13. The van der Waals surface area contributed by atoms with Crippen molar-refractivity contribution in [3.8, 4) is 22.5 Å². The maximum absolute atomic E-state index is 4.76. The van der Waals surface area contributed by atoms with Crippen LogP contribution in [0, 0.1) is 0 Å². The summed E-state index contributed by atoms with van der Waals surface area (Å²) in [5.41, 5.74) is 4.07. The summed E-state index contributed by atoms with van der Waals surface area (Å²) in [7, 11) is 0. The van der Waals surface area contributed by atoms with Crippen molar-refractivity contribution in [1.29, 1.82) is 0 Å². The molecule has 6 rings (SSSR count). The van der Waals surface area contributed by atoms with Gasteiger partial charge >= 0.3 is 0 Å². The molecule has 0 spiro atoms. The Morgan fingerprint density at radius 2 is 0.700 bits per heavy atom. The smallest absolute Gasteiger partial charge is 0.101 e. The Hall–Kier alpha value is -4.04. The Labute approximate surface area is 174 Å². The second-order valence-electron chi connectivity index (χ2n) is 7.50. The molecule has 0 N–H and O–H groups in total. The number of hydrogen-bond donors (Lipinski definition) is 0. The van der Waals surface area contributed by atoms with Crippen molar-refractivity contribution in [3.63, 3.8) is 0 Å². The standard InChI is InChI=1S/C28H18N2/c1-3-13-21-19(9-1)11-7-17-23(21)27-25-15-5-6-16-26(25)28(30-29-27)24-18-8-12-20-10-2-4-14-22(20)24/h1-18H. The molecule has 140 valence electrons. The fraction of sp³-hybridized carbons (Fsp3) is 0. The Kier molecular flexibility index (Phi) is 3.82. The van der Waals surface area contributed by atoms with E-state index in [4.69, 9.17) is 10.2 Å². The average molecular weight is 382 g/mol. The van der Waals surface area contributed by atoms with E-state index in [0.29, 0.717) is 0 Å². The largest absolute Gasteiger partial charge is 0.149 e. The molecule has 0 aliphatic rings. The Bertz CT molecular complexity index is 1420. The van der Waals surface area contributed by atoms with E-state index in [2.05, 4.69) is 109 Å². The maximum Gasteiger partial charge on any atom is 0.101 e. The molecule has 0 saturated carbocycles. The van der Waals surface area contributed by atoms with Crippen LogP contribution >= 0.6 is 0 Å². The van der Waals surface area contributed by atoms with Crippen molar-refractivity contribution in [2.24, 2.45) is 0 Å². The summed E-state index contributed by atoms with van der Waals surface area (Å²) in [6.07, 6.45) is 0. The predicted molar refractivity (Wildman–Crippen MR) is 125 cm³/mol. The van der Waals surface area contributed by atoms with E-state index in [9.17, 15) is 0 Å². The van der Waals surface area contributed by atoms with Crippen molar-refractivity contribution in [1.82, 2.24) is 10.2 Å². The van der Waals surface area contributed by atoms with Gasteiger partial charge in [-0.1, -0.05) is 109 Å². The zero-order valence-corrected chi connectivity index (χ0v) is 16.3. The summed E-state index contributed by atoms with van der Waals surface area (Å²) in [4.78, 5) is 0. The third-order valence-corrected chi connectivity index (χ3v) is 5.78. The van der Waals surface area contributed by atoms with Crippen molar-refractivity contribution in [2.75, 3.05) is 0 Å². The highest BCUT2D eigenvalue weighted by Crippen LogP contribution is 2.37. The van der Waals surface area contributed by atoms with Gasteiger partial charge in [-0.3, -0.25) is 0 Å². The fourth-order valence-electron chi connectivity index (χ4n) is 4.37. The van der Waals surface area contributed by atoms with Crippen LogP contribution in [0.1, 0.15) is 0 Å². The zero-order valence-electron chi connectivity index (χ0n) is 16.3. The van der Waals surface area contributed by atoms with Gasteiger partial charge < -0.3 is 0 Å². The number of benzene rings is 5. The first-order chi connectivity index (χ1) is 14.9. The lowest BCUT2D eigenvalue weighted by Crippen LogP contribution is -1.96. The molecule has 2 heteroatoms. The molecule has 0 radical (unpaired) electrons. The van der Waals surface area contributed by atoms with Crippen molar-refractivity contribution in [2.45, 2.75) is 0 Å². The van der Waals surface area contributed by atoms with Crippen molar-refractivity contribution in [3.05, 3.63) is 109 Å². The first kappa shape index (κ1) is 16.9. The Morgan fingerprint density at radius 3 is 1.17 bits per heavy atom. The first-order valence-electron chi connectivity index (χ1n) is 10.1. The van der Waals surface area contributed by atoms with E-state index in [-0.39, 0.29) is 0 Å². The maximum atomic E-state index is 4.76. The van der Waals surface area contributed by atoms with Gasteiger partial charge in [0.15, 0.2) is 0 Å². The third-order valence-electron chi connectivity index (χ3n) is 5.78. The quantitative estimate of drug-likeness (QED) is 0.315. The molecule has 5 aromatic carbocycles. The minimum atomic E-state index is 0.923. The second kappa shape index (κ2) is 6.78. The molecule has 1 aromatic heterocycles. The van der Waals surface area contributed by atoms with Crippen molar-refractivity contribution < 1.29 is 0 Å². The molecule has 0 unspecified atom stereocenters. The van der Waals surface area contributed by atoms with Crippen LogP contribution in [0.25, 0.3) is 54.8 Å². The molecule has 0 bridgehead atoms. The van der Waals surface area contributed by atoms with Crippen LogP contribution < -0.4 is 0 Å². The van der Waals surface area contributed by atoms with Crippen LogP contribution in [0.15, 0.2) is 109 Å². The number of nitrogens with zero attached hydrogens (tertiary/aromatic N) is 2. The summed E-state index contributed by atoms with van der Waals surface area (Å²) < 4.78 is 0. The lowest BCUT2D eigenvalue weighted by atomic mass is 9.95. The highest BCUT2D eigenvalue weighted by Gasteiger charge is 2.15. The normalized spacial score (nSPS) is 11.3. The van der Waals surface area contributed by atoms with Crippen LogP contribution in [0.2, 0.25) is 0 Å². The molecule has 0 fully saturated rings. The van der Waals surface area contributed by atoms with Gasteiger partial charge in [0, 0.05) is 21.9 Å². The van der Waals surface area contributed by atoms with E-state index in [1.165, 1.54) is 21.5 Å².